The molecule has 2 aromatic heterocycles. The molecule has 0 aromatic carbocycles. The Morgan fingerprint density at radius 1 is 0.833 bits per heavy atom. The molecular formula is C21H47N3. The number of aryl methyl sites for hydroxylation is 2. The first-order chi connectivity index (χ1) is 10.4. The van der Waals surface area contributed by atoms with Gasteiger partial charge in [0.2, 0.25) is 0 Å². The molecule has 2 aromatic rings. The van der Waals surface area contributed by atoms with Gasteiger partial charge in [-0.05, 0) is 25.0 Å². The summed E-state index contributed by atoms with van der Waals surface area (Å²) in [5.41, 5.74) is 2.35. The fraction of sp³-hybridized carbons (Fsp3) is 0.619. The fourth-order valence-corrected chi connectivity index (χ4v) is 1.09. The highest BCUT2D eigenvalue weighted by Gasteiger charge is 1.82. The van der Waals surface area contributed by atoms with Gasteiger partial charge >= 0.3 is 0 Å². The number of aromatic amines is 1. The number of nitrogens with zero attached hydrogens (tertiary/aromatic N) is 2. The lowest BCUT2D eigenvalue weighted by Gasteiger charge is -1.88. The number of H-pyrrole nitrogens is 1. The third-order valence-electron chi connectivity index (χ3n) is 2.02. The lowest BCUT2D eigenvalue weighted by atomic mass is 10.3. The van der Waals surface area contributed by atoms with Crippen molar-refractivity contribution in [3.05, 3.63) is 48.3 Å². The number of rotatable bonds is 2. The van der Waals surface area contributed by atoms with Crippen LogP contribution in [0.25, 0.3) is 0 Å². The molecule has 1 N–H and O–H groups in total. The summed E-state index contributed by atoms with van der Waals surface area (Å²) < 4.78 is 0. The van der Waals surface area contributed by atoms with Gasteiger partial charge in [-0.1, -0.05) is 83.7 Å². The van der Waals surface area contributed by atoms with Crippen LogP contribution in [-0.4, -0.2) is 15.0 Å². The molecule has 0 aliphatic rings. The Hall–Kier alpha value is -1.64. The molecule has 0 aliphatic carbocycles. The standard InChI is InChI=1S/C7H9N.C5H8N2.3C2H6.3CH4/c1-2-7-5-3-4-6-8-7;1-2-5-3-6-4-7-5;3*1-2;;;/h3-6H,2H2,1H3;3-4H,2H2,1H3,(H,6,7);3*1-2H3;3*1H4. The highest BCUT2D eigenvalue weighted by molar-refractivity contribution is 5.02. The molecular weight excluding hydrogens is 294 g/mol. The Balaban J connectivity index is -0.0000000472. The van der Waals surface area contributed by atoms with Crippen LogP contribution in [0.2, 0.25) is 0 Å². The number of hydrogen-bond donors (Lipinski definition) is 1. The quantitative estimate of drug-likeness (QED) is 0.610. The van der Waals surface area contributed by atoms with E-state index in [4.69, 9.17) is 0 Å². The largest absolute Gasteiger partial charge is 0.349 e. The van der Waals surface area contributed by atoms with Crippen molar-refractivity contribution in [2.45, 2.75) is 90.5 Å². The zero-order valence-electron chi connectivity index (χ0n) is 15.3. The van der Waals surface area contributed by atoms with Crippen molar-refractivity contribution < 1.29 is 0 Å². The summed E-state index contributed by atoms with van der Waals surface area (Å²) in [4.78, 5) is 10.9. The molecule has 3 nitrogen and oxygen atoms in total. The minimum Gasteiger partial charge on any atom is -0.349 e. The smallest absolute Gasteiger partial charge is 0.0921 e. The van der Waals surface area contributed by atoms with Crippen molar-refractivity contribution >= 4 is 0 Å². The van der Waals surface area contributed by atoms with E-state index in [1.165, 1.54) is 5.69 Å². The van der Waals surface area contributed by atoms with Crippen LogP contribution >= 0.6 is 0 Å². The molecule has 0 fully saturated rings. The summed E-state index contributed by atoms with van der Waals surface area (Å²) in [6, 6.07) is 5.96. The first kappa shape index (κ1) is 38.1. The zero-order chi connectivity index (χ0) is 16.9. The van der Waals surface area contributed by atoms with E-state index in [1.54, 1.807) is 6.33 Å². The van der Waals surface area contributed by atoms with Gasteiger partial charge in [0.15, 0.2) is 0 Å². The number of hydrogen-bond acceptors (Lipinski definition) is 2. The van der Waals surface area contributed by atoms with Gasteiger partial charge in [0.1, 0.15) is 0 Å². The maximum atomic E-state index is 4.10. The van der Waals surface area contributed by atoms with E-state index in [1.807, 2.05) is 72.1 Å². The van der Waals surface area contributed by atoms with Gasteiger partial charge in [-0.15, -0.1) is 0 Å². The third-order valence-corrected chi connectivity index (χ3v) is 2.02. The van der Waals surface area contributed by atoms with Crippen molar-refractivity contribution in [3.63, 3.8) is 0 Å². The van der Waals surface area contributed by atoms with Gasteiger partial charge < -0.3 is 4.98 Å². The number of nitrogens with one attached hydrogen (secondary N) is 1. The number of imidazole rings is 1. The van der Waals surface area contributed by atoms with Gasteiger partial charge in [-0.25, -0.2) is 4.98 Å². The van der Waals surface area contributed by atoms with Crippen molar-refractivity contribution in [2.24, 2.45) is 0 Å². The van der Waals surface area contributed by atoms with Crippen molar-refractivity contribution in [2.75, 3.05) is 0 Å². The molecule has 0 spiro atoms. The van der Waals surface area contributed by atoms with Crippen LogP contribution in [0.3, 0.4) is 0 Å². The molecule has 0 atom stereocenters. The van der Waals surface area contributed by atoms with E-state index in [-0.39, 0.29) is 22.3 Å². The van der Waals surface area contributed by atoms with E-state index >= 15 is 0 Å². The zero-order valence-corrected chi connectivity index (χ0v) is 15.3. The Morgan fingerprint density at radius 3 is 1.58 bits per heavy atom. The highest BCUT2D eigenvalue weighted by Crippen LogP contribution is 1.91. The van der Waals surface area contributed by atoms with Crippen molar-refractivity contribution in [3.8, 4) is 0 Å². The van der Waals surface area contributed by atoms with E-state index < -0.39 is 0 Å². The van der Waals surface area contributed by atoms with Crippen LogP contribution in [0.5, 0.6) is 0 Å². The molecule has 0 amide bonds. The second kappa shape index (κ2) is 37.5. The maximum Gasteiger partial charge on any atom is 0.0921 e. The average Bonchev–Trinajstić information content (AvgIpc) is 3.15. The van der Waals surface area contributed by atoms with Crippen LogP contribution in [0.15, 0.2) is 36.9 Å². The number of pyridine rings is 1. The summed E-state index contributed by atoms with van der Waals surface area (Å²) in [5.74, 6) is 0. The Labute approximate surface area is 154 Å². The lowest BCUT2D eigenvalue weighted by Crippen LogP contribution is -1.81. The fourth-order valence-electron chi connectivity index (χ4n) is 1.09. The summed E-state index contributed by atoms with van der Waals surface area (Å²) in [7, 11) is 0. The van der Waals surface area contributed by atoms with Gasteiger partial charge in [0.05, 0.1) is 6.33 Å². The lowest BCUT2D eigenvalue weighted by molar-refractivity contribution is 1.04. The molecule has 0 bridgehead atoms. The van der Waals surface area contributed by atoms with Crippen LogP contribution in [0, 0.1) is 0 Å². The highest BCUT2D eigenvalue weighted by atomic mass is 14.8. The normalized spacial score (nSPS) is 6.50. The molecule has 2 rings (SSSR count). The third kappa shape index (κ3) is 25.3. The molecule has 3 heteroatoms. The van der Waals surface area contributed by atoms with Crippen LogP contribution in [0.4, 0.5) is 0 Å². The number of aromatic nitrogens is 3. The van der Waals surface area contributed by atoms with Gasteiger partial charge in [-0.2, -0.15) is 0 Å². The van der Waals surface area contributed by atoms with Crippen LogP contribution in [0.1, 0.15) is 89.1 Å². The van der Waals surface area contributed by atoms with E-state index in [9.17, 15) is 0 Å². The SMILES string of the molecule is C.C.C.CC.CC.CC.CCc1ccccn1.CCc1cnc[nH]1. The molecule has 0 aliphatic heterocycles. The minimum atomic E-state index is 0. The molecule has 24 heavy (non-hydrogen) atoms. The van der Waals surface area contributed by atoms with Crippen LogP contribution < -0.4 is 0 Å². The van der Waals surface area contributed by atoms with Gasteiger partial charge in [0, 0.05) is 23.8 Å². The first-order valence-corrected chi connectivity index (χ1v) is 8.24. The first-order valence-electron chi connectivity index (χ1n) is 8.24. The van der Waals surface area contributed by atoms with E-state index in [2.05, 4.69) is 28.8 Å². The van der Waals surface area contributed by atoms with E-state index in [0.29, 0.717) is 0 Å². The maximum absolute atomic E-state index is 4.10. The molecule has 0 radical (unpaired) electrons. The van der Waals surface area contributed by atoms with Gasteiger partial charge in [-0.3, -0.25) is 4.98 Å². The van der Waals surface area contributed by atoms with Crippen molar-refractivity contribution in [1.29, 1.82) is 0 Å². The predicted octanol–water partition coefficient (Wildman–Crippen LogP) is 7.60. The predicted molar refractivity (Wildman–Crippen MR) is 116 cm³/mol. The second-order valence-electron chi connectivity index (χ2n) is 3.11. The van der Waals surface area contributed by atoms with E-state index in [0.717, 1.165) is 18.5 Å². The second-order valence-corrected chi connectivity index (χ2v) is 3.11. The average molecular weight is 342 g/mol. The monoisotopic (exact) mass is 341 g/mol. The molecule has 0 saturated carbocycles. The van der Waals surface area contributed by atoms with Crippen LogP contribution in [-0.2, 0) is 12.8 Å². The minimum absolute atomic E-state index is 0. The Kier molecular flexibility index (Phi) is 59.6. The Bertz CT molecular complexity index is 343. The summed E-state index contributed by atoms with van der Waals surface area (Å²) in [5, 5.41) is 0. The molecule has 146 valence electrons. The summed E-state index contributed by atoms with van der Waals surface area (Å²) >= 11 is 0. The molecule has 0 unspecified atom stereocenters. The summed E-state index contributed by atoms with van der Waals surface area (Å²) in [6.45, 7) is 16.2. The van der Waals surface area contributed by atoms with Crippen molar-refractivity contribution in [1.82, 2.24) is 15.0 Å². The molecule has 0 saturated heterocycles. The molecule has 2 heterocycles. The Morgan fingerprint density at radius 2 is 1.38 bits per heavy atom. The van der Waals surface area contributed by atoms with Gasteiger partial charge in [0.25, 0.3) is 0 Å². The summed E-state index contributed by atoms with van der Waals surface area (Å²) in [6.07, 6.45) is 7.42. The topological polar surface area (TPSA) is 41.6 Å².